The number of aromatic nitrogens is 3. The number of carbonyl (C=O) groups excluding carboxylic acids is 1. The highest BCUT2D eigenvalue weighted by Gasteiger charge is 2.11. The Bertz CT molecular complexity index is 409. The molecule has 0 fully saturated rings. The van der Waals surface area contributed by atoms with Crippen molar-refractivity contribution in [3.05, 3.63) is 11.4 Å². The van der Waals surface area contributed by atoms with Crippen LogP contribution in [0.4, 0.5) is 5.95 Å². The van der Waals surface area contributed by atoms with Gasteiger partial charge in [0, 0.05) is 13.6 Å². The normalized spacial score (nSPS) is 10.2. The molecule has 0 aromatic carbocycles. The standard InChI is InChI=1S/C12H20N4O2/c1-5-9-10(6-2)14-15-12(13-9)16(3)8-7-11(17)18-4/h5-8H2,1-4H3. The molecule has 1 heterocycles. The van der Waals surface area contributed by atoms with Gasteiger partial charge < -0.3 is 9.64 Å². The third-order valence-electron chi connectivity index (χ3n) is 2.72. The molecular formula is C12H20N4O2. The minimum absolute atomic E-state index is 0.240. The number of carbonyl (C=O) groups is 1. The minimum atomic E-state index is -0.240. The van der Waals surface area contributed by atoms with Crippen LogP contribution in [0.3, 0.4) is 0 Å². The largest absolute Gasteiger partial charge is 0.469 e. The summed E-state index contributed by atoms with van der Waals surface area (Å²) in [6, 6.07) is 0. The summed E-state index contributed by atoms with van der Waals surface area (Å²) in [5.74, 6) is 0.309. The Balaban J connectivity index is 2.73. The Morgan fingerprint density at radius 3 is 2.44 bits per heavy atom. The van der Waals surface area contributed by atoms with Gasteiger partial charge in [-0.3, -0.25) is 4.79 Å². The van der Waals surface area contributed by atoms with Crippen LogP contribution in [0.15, 0.2) is 0 Å². The molecule has 6 nitrogen and oxygen atoms in total. The number of nitrogens with zero attached hydrogens (tertiary/aromatic N) is 4. The summed E-state index contributed by atoms with van der Waals surface area (Å²) in [6.45, 7) is 4.59. The van der Waals surface area contributed by atoms with Crippen molar-refractivity contribution in [2.24, 2.45) is 0 Å². The first-order chi connectivity index (χ1) is 8.62. The predicted octanol–water partition coefficient (Wildman–Crippen LogP) is 0.996. The van der Waals surface area contributed by atoms with Crippen molar-refractivity contribution in [1.29, 1.82) is 0 Å². The molecule has 0 saturated heterocycles. The number of esters is 1. The summed E-state index contributed by atoms with van der Waals surface area (Å²) < 4.78 is 4.60. The highest BCUT2D eigenvalue weighted by atomic mass is 16.5. The fourth-order valence-corrected chi connectivity index (χ4v) is 1.55. The fraction of sp³-hybridized carbons (Fsp3) is 0.667. The molecule has 18 heavy (non-hydrogen) atoms. The Morgan fingerprint density at radius 1 is 1.22 bits per heavy atom. The average molecular weight is 252 g/mol. The van der Waals surface area contributed by atoms with Gasteiger partial charge in [0.05, 0.1) is 24.9 Å². The molecule has 100 valence electrons. The van der Waals surface area contributed by atoms with E-state index in [4.69, 9.17) is 0 Å². The summed E-state index contributed by atoms with van der Waals surface area (Å²) in [4.78, 5) is 17.3. The molecular weight excluding hydrogens is 232 g/mol. The molecule has 6 heteroatoms. The lowest BCUT2D eigenvalue weighted by Crippen LogP contribution is -2.24. The molecule has 0 spiro atoms. The van der Waals surface area contributed by atoms with Crippen molar-refractivity contribution in [3.8, 4) is 0 Å². The molecule has 1 rings (SSSR count). The average Bonchev–Trinajstić information content (AvgIpc) is 2.43. The summed E-state index contributed by atoms with van der Waals surface area (Å²) in [5, 5.41) is 8.24. The van der Waals surface area contributed by atoms with Gasteiger partial charge in [-0.05, 0) is 12.8 Å². The molecule has 0 atom stereocenters. The molecule has 0 radical (unpaired) electrons. The topological polar surface area (TPSA) is 68.2 Å². The first kappa shape index (κ1) is 14.3. The summed E-state index contributed by atoms with van der Waals surface area (Å²) >= 11 is 0. The van der Waals surface area contributed by atoms with Crippen molar-refractivity contribution in [3.63, 3.8) is 0 Å². The number of aryl methyl sites for hydroxylation is 2. The molecule has 0 amide bonds. The second kappa shape index (κ2) is 6.88. The second-order valence-corrected chi connectivity index (χ2v) is 3.96. The van der Waals surface area contributed by atoms with E-state index in [2.05, 4.69) is 19.9 Å². The SMILES string of the molecule is CCc1nnc(N(C)CCC(=O)OC)nc1CC. The summed E-state index contributed by atoms with van der Waals surface area (Å²) in [7, 11) is 3.22. The molecule has 0 aliphatic carbocycles. The summed E-state index contributed by atoms with van der Waals surface area (Å²) in [5.41, 5.74) is 1.90. The Labute approximate surface area is 107 Å². The molecule has 1 aromatic rings. The molecule has 0 aliphatic rings. The lowest BCUT2D eigenvalue weighted by atomic mass is 10.2. The van der Waals surface area contributed by atoms with E-state index in [0.29, 0.717) is 18.9 Å². The molecule has 0 aliphatic heterocycles. The highest BCUT2D eigenvalue weighted by Crippen LogP contribution is 2.10. The van der Waals surface area contributed by atoms with E-state index in [1.165, 1.54) is 7.11 Å². The number of hydrogen-bond donors (Lipinski definition) is 0. The second-order valence-electron chi connectivity index (χ2n) is 3.96. The van der Waals surface area contributed by atoms with Crippen LogP contribution < -0.4 is 4.90 Å². The van der Waals surface area contributed by atoms with Crippen LogP contribution in [0.25, 0.3) is 0 Å². The lowest BCUT2D eigenvalue weighted by Gasteiger charge is -2.16. The number of ether oxygens (including phenoxy) is 1. The quantitative estimate of drug-likeness (QED) is 0.703. The first-order valence-corrected chi connectivity index (χ1v) is 6.12. The number of anilines is 1. The van der Waals surface area contributed by atoms with E-state index in [1.54, 1.807) is 0 Å². The van der Waals surface area contributed by atoms with Crippen molar-refractivity contribution >= 4 is 11.9 Å². The van der Waals surface area contributed by atoms with Crippen LogP contribution in [0.1, 0.15) is 31.7 Å². The highest BCUT2D eigenvalue weighted by molar-refractivity contribution is 5.69. The number of methoxy groups -OCH3 is 1. The molecule has 0 N–H and O–H groups in total. The zero-order chi connectivity index (χ0) is 13.5. The minimum Gasteiger partial charge on any atom is -0.469 e. The van der Waals surface area contributed by atoms with Gasteiger partial charge in [0.25, 0.3) is 0 Å². The van der Waals surface area contributed by atoms with Gasteiger partial charge >= 0.3 is 5.97 Å². The zero-order valence-electron chi connectivity index (χ0n) is 11.4. The molecule has 1 aromatic heterocycles. The van der Waals surface area contributed by atoms with E-state index < -0.39 is 0 Å². The van der Waals surface area contributed by atoms with Crippen molar-refractivity contribution in [2.75, 3.05) is 25.6 Å². The van der Waals surface area contributed by atoms with Crippen molar-refractivity contribution < 1.29 is 9.53 Å². The van der Waals surface area contributed by atoms with Crippen LogP contribution in [-0.2, 0) is 22.4 Å². The van der Waals surface area contributed by atoms with Gasteiger partial charge in [-0.1, -0.05) is 13.8 Å². The van der Waals surface area contributed by atoms with Crippen LogP contribution in [0.2, 0.25) is 0 Å². The van der Waals surface area contributed by atoms with Gasteiger partial charge in [0.1, 0.15) is 0 Å². The Morgan fingerprint density at radius 2 is 1.89 bits per heavy atom. The smallest absolute Gasteiger partial charge is 0.307 e. The van der Waals surface area contributed by atoms with E-state index in [0.717, 1.165) is 24.2 Å². The maximum absolute atomic E-state index is 11.1. The molecule has 0 unspecified atom stereocenters. The van der Waals surface area contributed by atoms with Gasteiger partial charge in [0.15, 0.2) is 0 Å². The van der Waals surface area contributed by atoms with Crippen molar-refractivity contribution in [1.82, 2.24) is 15.2 Å². The lowest BCUT2D eigenvalue weighted by molar-refractivity contribution is -0.140. The zero-order valence-corrected chi connectivity index (χ0v) is 11.4. The molecule has 0 saturated carbocycles. The van der Waals surface area contributed by atoms with Gasteiger partial charge in [-0.25, -0.2) is 4.98 Å². The van der Waals surface area contributed by atoms with Crippen LogP contribution in [0.5, 0.6) is 0 Å². The van der Waals surface area contributed by atoms with E-state index >= 15 is 0 Å². The first-order valence-electron chi connectivity index (χ1n) is 6.12. The Kier molecular flexibility index (Phi) is 5.48. The van der Waals surface area contributed by atoms with E-state index in [-0.39, 0.29) is 5.97 Å². The third kappa shape index (κ3) is 3.65. The monoisotopic (exact) mass is 252 g/mol. The van der Waals surface area contributed by atoms with Crippen LogP contribution >= 0.6 is 0 Å². The Hall–Kier alpha value is -1.72. The van der Waals surface area contributed by atoms with Gasteiger partial charge in [-0.2, -0.15) is 5.10 Å². The van der Waals surface area contributed by atoms with E-state index in [9.17, 15) is 4.79 Å². The maximum atomic E-state index is 11.1. The van der Waals surface area contributed by atoms with Crippen LogP contribution in [-0.4, -0.2) is 41.9 Å². The number of hydrogen-bond acceptors (Lipinski definition) is 6. The predicted molar refractivity (Wildman–Crippen MR) is 68.5 cm³/mol. The van der Waals surface area contributed by atoms with Gasteiger partial charge in [0.2, 0.25) is 5.95 Å². The van der Waals surface area contributed by atoms with Gasteiger partial charge in [-0.15, -0.1) is 5.10 Å². The fourth-order valence-electron chi connectivity index (χ4n) is 1.55. The third-order valence-corrected chi connectivity index (χ3v) is 2.72. The van der Waals surface area contributed by atoms with E-state index in [1.807, 2.05) is 25.8 Å². The maximum Gasteiger partial charge on any atom is 0.307 e. The molecule has 0 bridgehead atoms. The number of rotatable bonds is 6. The van der Waals surface area contributed by atoms with Crippen LogP contribution in [0, 0.1) is 0 Å². The summed E-state index contributed by atoms with van der Waals surface area (Å²) in [6.07, 6.45) is 1.97. The van der Waals surface area contributed by atoms with Crippen molar-refractivity contribution in [2.45, 2.75) is 33.1 Å².